The second-order valence-electron chi connectivity index (χ2n) is 6.14. The molecule has 0 radical (unpaired) electrons. The van der Waals surface area contributed by atoms with Crippen molar-refractivity contribution in [3.63, 3.8) is 0 Å². The number of hydrogen-bond acceptors (Lipinski definition) is 7. The molecule has 0 amide bonds. The summed E-state index contributed by atoms with van der Waals surface area (Å²) in [6.45, 7) is 5.99. The van der Waals surface area contributed by atoms with Gasteiger partial charge in [-0.05, 0) is 24.8 Å². The van der Waals surface area contributed by atoms with E-state index >= 15 is 0 Å². The first-order valence-corrected chi connectivity index (χ1v) is 8.84. The summed E-state index contributed by atoms with van der Waals surface area (Å²) < 4.78 is 1.94. The van der Waals surface area contributed by atoms with Crippen LogP contribution in [0, 0.1) is 17.0 Å². The molecule has 0 aliphatic rings. The molecule has 134 valence electrons. The zero-order chi connectivity index (χ0) is 18.8. The highest BCUT2D eigenvalue weighted by molar-refractivity contribution is 7.99. The van der Waals surface area contributed by atoms with E-state index < -0.39 is 4.92 Å². The molecule has 0 spiro atoms. The van der Waals surface area contributed by atoms with Crippen molar-refractivity contribution in [2.24, 2.45) is 7.05 Å². The number of nitrogens with zero attached hydrogens (tertiary/aromatic N) is 6. The van der Waals surface area contributed by atoms with Crippen molar-refractivity contribution in [3.8, 4) is 11.4 Å². The Labute approximate surface area is 154 Å². The summed E-state index contributed by atoms with van der Waals surface area (Å²) in [4.78, 5) is 19.5. The van der Waals surface area contributed by atoms with Crippen LogP contribution < -0.4 is 0 Å². The number of nitro benzene ring substituents is 1. The number of rotatable bonds is 5. The number of aryl methyl sites for hydroxylation is 1. The van der Waals surface area contributed by atoms with Crippen LogP contribution in [0.3, 0.4) is 0 Å². The molecule has 8 nitrogen and oxygen atoms in total. The lowest BCUT2D eigenvalue weighted by atomic mass is 10.2. The Balaban J connectivity index is 1.96. The SMILES string of the molecule is Cc1cc(Sc2nnc(C(C)C)n2C)nc(-c2cccc([N+](=O)[O-])c2)n1. The summed E-state index contributed by atoms with van der Waals surface area (Å²) in [6, 6.07) is 8.17. The fourth-order valence-electron chi connectivity index (χ4n) is 2.49. The zero-order valence-electron chi connectivity index (χ0n) is 14.9. The smallest absolute Gasteiger partial charge is 0.270 e. The van der Waals surface area contributed by atoms with Crippen LogP contribution >= 0.6 is 11.8 Å². The second-order valence-corrected chi connectivity index (χ2v) is 7.12. The average molecular weight is 370 g/mol. The van der Waals surface area contributed by atoms with Gasteiger partial charge < -0.3 is 4.57 Å². The molecular weight excluding hydrogens is 352 g/mol. The van der Waals surface area contributed by atoms with Crippen molar-refractivity contribution >= 4 is 17.4 Å². The Morgan fingerprint density at radius 1 is 1.19 bits per heavy atom. The molecule has 1 aromatic carbocycles. The topological polar surface area (TPSA) is 99.6 Å². The van der Waals surface area contributed by atoms with Crippen LogP contribution in [0.5, 0.6) is 0 Å². The number of benzene rings is 1. The van der Waals surface area contributed by atoms with Crippen LogP contribution in [-0.4, -0.2) is 29.7 Å². The first-order valence-electron chi connectivity index (χ1n) is 8.03. The molecule has 0 saturated heterocycles. The van der Waals surface area contributed by atoms with Crippen molar-refractivity contribution in [1.29, 1.82) is 0 Å². The molecule has 0 N–H and O–H groups in total. The van der Waals surface area contributed by atoms with Crippen molar-refractivity contribution < 1.29 is 4.92 Å². The monoisotopic (exact) mass is 370 g/mol. The third kappa shape index (κ3) is 3.72. The predicted molar refractivity (Wildman–Crippen MR) is 98.1 cm³/mol. The zero-order valence-corrected chi connectivity index (χ0v) is 15.7. The van der Waals surface area contributed by atoms with Gasteiger partial charge in [0.25, 0.3) is 5.69 Å². The molecule has 0 unspecified atom stereocenters. The minimum atomic E-state index is -0.429. The van der Waals surface area contributed by atoms with Crippen molar-refractivity contribution in [1.82, 2.24) is 24.7 Å². The Morgan fingerprint density at radius 3 is 2.62 bits per heavy atom. The lowest BCUT2D eigenvalue weighted by molar-refractivity contribution is -0.384. The summed E-state index contributed by atoms with van der Waals surface area (Å²) in [5, 5.41) is 20.9. The van der Waals surface area contributed by atoms with Crippen LogP contribution in [0.2, 0.25) is 0 Å². The minimum absolute atomic E-state index is 0.0108. The molecular formula is C17H18N6O2S. The van der Waals surface area contributed by atoms with Gasteiger partial charge >= 0.3 is 0 Å². The fraction of sp³-hybridized carbons (Fsp3) is 0.294. The third-order valence-corrected chi connectivity index (χ3v) is 4.68. The molecule has 9 heteroatoms. The molecule has 0 aliphatic carbocycles. The highest BCUT2D eigenvalue weighted by Gasteiger charge is 2.15. The van der Waals surface area contributed by atoms with Crippen LogP contribution in [-0.2, 0) is 7.05 Å². The van der Waals surface area contributed by atoms with E-state index in [4.69, 9.17) is 0 Å². The van der Waals surface area contributed by atoms with Crippen molar-refractivity contribution in [2.45, 2.75) is 36.9 Å². The van der Waals surface area contributed by atoms with E-state index in [9.17, 15) is 10.1 Å². The van der Waals surface area contributed by atoms with Gasteiger partial charge in [-0.15, -0.1) is 10.2 Å². The quantitative estimate of drug-likeness (QED) is 0.383. The predicted octanol–water partition coefficient (Wildman–Crippen LogP) is 3.76. The van der Waals surface area contributed by atoms with Gasteiger partial charge in [0, 0.05) is 36.4 Å². The van der Waals surface area contributed by atoms with Crippen LogP contribution in [0.15, 0.2) is 40.5 Å². The van der Waals surface area contributed by atoms with Gasteiger partial charge in [0.15, 0.2) is 11.0 Å². The fourth-order valence-corrected chi connectivity index (χ4v) is 3.35. The largest absolute Gasteiger partial charge is 0.309 e. The van der Waals surface area contributed by atoms with E-state index in [1.165, 1.54) is 23.9 Å². The van der Waals surface area contributed by atoms with E-state index in [1.54, 1.807) is 12.1 Å². The Kier molecular flexibility index (Phi) is 4.99. The van der Waals surface area contributed by atoms with E-state index in [0.717, 1.165) is 16.7 Å². The van der Waals surface area contributed by atoms with Gasteiger partial charge in [-0.25, -0.2) is 9.97 Å². The minimum Gasteiger partial charge on any atom is -0.309 e. The molecule has 0 aliphatic heterocycles. The molecule has 0 saturated carbocycles. The second kappa shape index (κ2) is 7.20. The van der Waals surface area contributed by atoms with Gasteiger partial charge in [0.2, 0.25) is 0 Å². The normalized spacial score (nSPS) is 11.1. The van der Waals surface area contributed by atoms with E-state index in [2.05, 4.69) is 34.0 Å². The first-order chi connectivity index (χ1) is 12.3. The Morgan fingerprint density at radius 2 is 1.96 bits per heavy atom. The molecule has 0 atom stereocenters. The molecule has 26 heavy (non-hydrogen) atoms. The van der Waals surface area contributed by atoms with Gasteiger partial charge in [0.05, 0.1) is 4.92 Å². The summed E-state index contributed by atoms with van der Waals surface area (Å²) in [6.07, 6.45) is 0. The van der Waals surface area contributed by atoms with Gasteiger partial charge in [-0.3, -0.25) is 10.1 Å². The molecule has 0 bridgehead atoms. The highest BCUT2D eigenvalue weighted by Crippen LogP contribution is 2.29. The standard InChI is InChI=1S/C17H18N6O2S/c1-10(2)16-20-21-17(22(16)4)26-14-8-11(3)18-15(19-14)12-6-5-7-13(9-12)23(24)25/h5-10H,1-4H3. The Bertz CT molecular complexity index is 970. The number of aromatic nitrogens is 5. The number of non-ortho nitro benzene ring substituents is 1. The lowest BCUT2D eigenvalue weighted by Crippen LogP contribution is -2.01. The molecule has 2 aromatic heterocycles. The van der Waals surface area contributed by atoms with Gasteiger partial charge in [-0.1, -0.05) is 26.0 Å². The average Bonchev–Trinajstić information content (AvgIpc) is 2.95. The van der Waals surface area contributed by atoms with E-state index in [1.807, 2.05) is 24.6 Å². The molecule has 0 fully saturated rings. The van der Waals surface area contributed by atoms with Crippen molar-refractivity contribution in [2.75, 3.05) is 0 Å². The third-order valence-electron chi connectivity index (χ3n) is 3.73. The molecule has 2 heterocycles. The highest BCUT2D eigenvalue weighted by atomic mass is 32.2. The van der Waals surface area contributed by atoms with Crippen LogP contribution in [0.25, 0.3) is 11.4 Å². The summed E-state index contributed by atoms with van der Waals surface area (Å²) in [5.74, 6) is 1.62. The first kappa shape index (κ1) is 18.0. The van der Waals surface area contributed by atoms with Crippen LogP contribution in [0.1, 0.15) is 31.3 Å². The molecule has 3 aromatic rings. The van der Waals surface area contributed by atoms with Gasteiger partial charge in [-0.2, -0.15) is 0 Å². The number of nitro groups is 1. The summed E-state index contributed by atoms with van der Waals surface area (Å²) in [5.41, 5.74) is 1.39. The van der Waals surface area contributed by atoms with Gasteiger partial charge in [0.1, 0.15) is 10.9 Å². The summed E-state index contributed by atoms with van der Waals surface area (Å²) >= 11 is 1.39. The molecule has 3 rings (SSSR count). The van der Waals surface area contributed by atoms with E-state index in [0.29, 0.717) is 16.4 Å². The number of hydrogen-bond donors (Lipinski definition) is 0. The maximum Gasteiger partial charge on any atom is 0.270 e. The van der Waals surface area contributed by atoms with Crippen LogP contribution in [0.4, 0.5) is 5.69 Å². The maximum absolute atomic E-state index is 11.0. The summed E-state index contributed by atoms with van der Waals surface area (Å²) in [7, 11) is 1.92. The Hall–Kier alpha value is -2.81. The maximum atomic E-state index is 11.0. The van der Waals surface area contributed by atoms with Crippen molar-refractivity contribution in [3.05, 3.63) is 52.0 Å². The van der Waals surface area contributed by atoms with E-state index in [-0.39, 0.29) is 11.6 Å². The lowest BCUT2D eigenvalue weighted by Gasteiger charge is -2.07.